The molecule has 0 spiro atoms. The lowest BCUT2D eigenvalue weighted by molar-refractivity contribution is -0.122. The second-order valence-electron chi connectivity index (χ2n) is 6.19. The van der Waals surface area contributed by atoms with Crippen molar-refractivity contribution in [2.75, 3.05) is 31.2 Å². The first kappa shape index (κ1) is 18.0. The molecular weight excluding hydrogens is 334 g/mol. The van der Waals surface area contributed by atoms with Crippen LogP contribution in [0.5, 0.6) is 0 Å². The Balaban J connectivity index is 1.47. The van der Waals surface area contributed by atoms with Gasteiger partial charge >= 0.3 is 0 Å². The number of anilines is 1. The van der Waals surface area contributed by atoms with Crippen LogP contribution in [0.2, 0.25) is 0 Å². The molecule has 2 N–H and O–H groups in total. The van der Waals surface area contributed by atoms with Gasteiger partial charge in [0.1, 0.15) is 12.3 Å². The van der Waals surface area contributed by atoms with Crippen LogP contribution in [-0.2, 0) is 16.1 Å². The lowest BCUT2D eigenvalue weighted by Gasteiger charge is -2.28. The zero-order valence-corrected chi connectivity index (χ0v) is 14.7. The summed E-state index contributed by atoms with van der Waals surface area (Å²) in [5.41, 5.74) is 2.55. The maximum absolute atomic E-state index is 12.2. The number of nitrogens with one attached hydrogen (secondary N) is 2. The Morgan fingerprint density at radius 3 is 2.54 bits per heavy atom. The zero-order valence-electron chi connectivity index (χ0n) is 14.7. The number of amides is 2. The Bertz CT molecular complexity index is 722. The molecule has 3 rings (SSSR count). The minimum Gasteiger partial charge on any atom is -0.472 e. The third-order valence-electron chi connectivity index (χ3n) is 4.30. The summed E-state index contributed by atoms with van der Waals surface area (Å²) < 4.78 is 10.2. The minimum atomic E-state index is -0.634. The number of rotatable bonds is 6. The third kappa shape index (κ3) is 4.64. The van der Waals surface area contributed by atoms with Crippen molar-refractivity contribution in [1.82, 2.24) is 10.6 Å². The van der Waals surface area contributed by atoms with Crippen molar-refractivity contribution in [3.05, 3.63) is 54.0 Å². The number of carbonyl (C=O) groups is 2. The van der Waals surface area contributed by atoms with E-state index in [-0.39, 0.29) is 11.8 Å². The Labute approximate surface area is 152 Å². The van der Waals surface area contributed by atoms with E-state index in [0.717, 1.165) is 37.6 Å². The molecule has 7 heteroatoms. The molecule has 2 heterocycles. The summed E-state index contributed by atoms with van der Waals surface area (Å²) in [5.74, 6) is -0.574. The fraction of sp³-hybridized carbons (Fsp3) is 0.368. The maximum Gasteiger partial charge on any atom is 0.255 e. The van der Waals surface area contributed by atoms with Crippen LogP contribution in [0.4, 0.5) is 5.69 Å². The fourth-order valence-corrected chi connectivity index (χ4v) is 2.73. The van der Waals surface area contributed by atoms with Crippen molar-refractivity contribution >= 4 is 17.5 Å². The molecule has 1 aromatic carbocycles. The normalized spacial score (nSPS) is 15.3. The molecule has 2 amide bonds. The van der Waals surface area contributed by atoms with Crippen LogP contribution in [0, 0.1) is 0 Å². The minimum absolute atomic E-state index is 0.237. The monoisotopic (exact) mass is 357 g/mol. The van der Waals surface area contributed by atoms with Crippen LogP contribution in [0.1, 0.15) is 22.8 Å². The number of benzene rings is 1. The molecule has 1 saturated heterocycles. The highest BCUT2D eigenvalue weighted by Crippen LogP contribution is 2.16. The van der Waals surface area contributed by atoms with Gasteiger partial charge in [0.25, 0.3) is 5.91 Å². The summed E-state index contributed by atoms with van der Waals surface area (Å²) in [6, 6.07) is 9.02. The van der Waals surface area contributed by atoms with Crippen LogP contribution in [0.25, 0.3) is 0 Å². The topological polar surface area (TPSA) is 83.8 Å². The van der Waals surface area contributed by atoms with Crippen LogP contribution in [0.15, 0.2) is 47.3 Å². The van der Waals surface area contributed by atoms with E-state index < -0.39 is 6.04 Å². The van der Waals surface area contributed by atoms with Gasteiger partial charge in [0, 0.05) is 25.3 Å². The molecule has 7 nitrogen and oxygen atoms in total. The summed E-state index contributed by atoms with van der Waals surface area (Å²) in [7, 11) is 0. The van der Waals surface area contributed by atoms with Gasteiger partial charge < -0.3 is 24.7 Å². The molecule has 1 atom stereocenters. The number of morpholine rings is 1. The van der Waals surface area contributed by atoms with E-state index in [1.54, 1.807) is 13.0 Å². The highest BCUT2D eigenvalue weighted by Gasteiger charge is 2.17. The van der Waals surface area contributed by atoms with Crippen LogP contribution in [0.3, 0.4) is 0 Å². The average Bonchev–Trinajstić information content (AvgIpc) is 3.22. The van der Waals surface area contributed by atoms with Gasteiger partial charge in [0.05, 0.1) is 25.0 Å². The Hall–Kier alpha value is -2.80. The molecule has 0 radical (unpaired) electrons. The first-order valence-electron chi connectivity index (χ1n) is 8.66. The van der Waals surface area contributed by atoms with E-state index >= 15 is 0 Å². The lowest BCUT2D eigenvalue weighted by atomic mass is 10.2. The molecule has 26 heavy (non-hydrogen) atoms. The van der Waals surface area contributed by atoms with E-state index in [1.807, 2.05) is 12.1 Å². The van der Waals surface area contributed by atoms with E-state index in [9.17, 15) is 9.59 Å². The molecule has 1 unspecified atom stereocenters. The summed E-state index contributed by atoms with van der Waals surface area (Å²) in [6.45, 7) is 5.34. The molecule has 0 saturated carbocycles. The molecule has 0 aliphatic carbocycles. The number of nitrogens with zero attached hydrogens (tertiary/aromatic N) is 1. The summed E-state index contributed by atoms with van der Waals surface area (Å²) in [5, 5.41) is 5.48. The van der Waals surface area contributed by atoms with Crippen LogP contribution < -0.4 is 15.5 Å². The van der Waals surface area contributed by atoms with Gasteiger partial charge in [-0.3, -0.25) is 9.59 Å². The number of hydrogen-bond acceptors (Lipinski definition) is 5. The Kier molecular flexibility index (Phi) is 5.91. The van der Waals surface area contributed by atoms with Gasteiger partial charge in [-0.05, 0) is 30.7 Å². The first-order chi connectivity index (χ1) is 12.6. The van der Waals surface area contributed by atoms with Gasteiger partial charge in [-0.2, -0.15) is 0 Å². The smallest absolute Gasteiger partial charge is 0.255 e. The van der Waals surface area contributed by atoms with Crippen molar-refractivity contribution in [3.63, 3.8) is 0 Å². The first-order valence-corrected chi connectivity index (χ1v) is 8.66. The number of carbonyl (C=O) groups excluding carboxylic acids is 2. The molecule has 1 aliphatic rings. The summed E-state index contributed by atoms with van der Waals surface area (Å²) in [4.78, 5) is 26.4. The average molecular weight is 357 g/mol. The second kappa shape index (κ2) is 8.53. The fourth-order valence-electron chi connectivity index (χ4n) is 2.73. The largest absolute Gasteiger partial charge is 0.472 e. The zero-order chi connectivity index (χ0) is 18.4. The van der Waals surface area contributed by atoms with Gasteiger partial charge in [-0.15, -0.1) is 0 Å². The quantitative estimate of drug-likeness (QED) is 0.820. The van der Waals surface area contributed by atoms with Crippen molar-refractivity contribution in [3.8, 4) is 0 Å². The molecule has 1 fully saturated rings. The van der Waals surface area contributed by atoms with Crippen molar-refractivity contribution < 1.29 is 18.7 Å². The standard InChI is InChI=1S/C19H23N3O4/c1-14(21-19(24)16-6-9-26-13-16)18(23)20-12-15-2-4-17(5-3-15)22-7-10-25-11-8-22/h2-6,9,13-14H,7-8,10-12H2,1H3,(H,20,23)(H,21,24). The van der Waals surface area contributed by atoms with E-state index in [1.165, 1.54) is 12.5 Å². The highest BCUT2D eigenvalue weighted by molar-refractivity contribution is 5.97. The second-order valence-corrected chi connectivity index (χ2v) is 6.19. The maximum atomic E-state index is 12.2. The van der Waals surface area contributed by atoms with Crippen molar-refractivity contribution in [1.29, 1.82) is 0 Å². The van der Waals surface area contributed by atoms with Crippen LogP contribution >= 0.6 is 0 Å². The van der Waals surface area contributed by atoms with Gasteiger partial charge in [-0.25, -0.2) is 0 Å². The van der Waals surface area contributed by atoms with Crippen molar-refractivity contribution in [2.24, 2.45) is 0 Å². The third-order valence-corrected chi connectivity index (χ3v) is 4.30. The number of hydrogen-bond donors (Lipinski definition) is 2. The highest BCUT2D eigenvalue weighted by atomic mass is 16.5. The van der Waals surface area contributed by atoms with Crippen LogP contribution in [-0.4, -0.2) is 44.2 Å². The van der Waals surface area contributed by atoms with Gasteiger partial charge in [-0.1, -0.05) is 12.1 Å². The van der Waals surface area contributed by atoms with Gasteiger partial charge in [0.2, 0.25) is 5.91 Å². The van der Waals surface area contributed by atoms with E-state index in [4.69, 9.17) is 9.15 Å². The van der Waals surface area contributed by atoms with E-state index in [2.05, 4.69) is 27.7 Å². The molecule has 0 bridgehead atoms. The summed E-state index contributed by atoms with van der Waals surface area (Å²) in [6.07, 6.45) is 2.76. The lowest BCUT2D eigenvalue weighted by Crippen LogP contribution is -2.44. The number of furan rings is 1. The predicted molar refractivity (Wildman–Crippen MR) is 97.0 cm³/mol. The van der Waals surface area contributed by atoms with E-state index in [0.29, 0.717) is 12.1 Å². The molecule has 1 aromatic heterocycles. The molecule has 2 aromatic rings. The van der Waals surface area contributed by atoms with Gasteiger partial charge in [0.15, 0.2) is 0 Å². The predicted octanol–water partition coefficient (Wildman–Crippen LogP) is 1.55. The molecule has 1 aliphatic heterocycles. The molecular formula is C19H23N3O4. The number of ether oxygens (including phenoxy) is 1. The Morgan fingerprint density at radius 2 is 1.88 bits per heavy atom. The SMILES string of the molecule is CC(NC(=O)c1ccoc1)C(=O)NCc1ccc(N2CCOCC2)cc1. The summed E-state index contributed by atoms with van der Waals surface area (Å²) >= 11 is 0. The molecule has 138 valence electrons. The van der Waals surface area contributed by atoms with Crippen molar-refractivity contribution in [2.45, 2.75) is 19.5 Å². The Morgan fingerprint density at radius 1 is 1.15 bits per heavy atom.